The molecule has 3 amide bonds. The van der Waals surface area contributed by atoms with Crippen molar-refractivity contribution in [1.82, 2.24) is 20.0 Å². The van der Waals surface area contributed by atoms with E-state index in [0.29, 0.717) is 10.7 Å². The highest BCUT2D eigenvalue weighted by Gasteiger charge is 2.46. The zero-order valence-electron chi connectivity index (χ0n) is 18.4. The molecule has 1 saturated carbocycles. The Morgan fingerprint density at radius 2 is 1.84 bits per heavy atom. The van der Waals surface area contributed by atoms with Crippen molar-refractivity contribution in [3.8, 4) is 0 Å². The van der Waals surface area contributed by atoms with Crippen LogP contribution in [0.25, 0.3) is 0 Å². The Kier molecular flexibility index (Phi) is 6.24. The Labute approximate surface area is 192 Å². The maximum Gasteiger partial charge on any atom is 0.276 e. The van der Waals surface area contributed by atoms with Gasteiger partial charge in [-0.15, -0.1) is 0 Å². The second-order valence-electron chi connectivity index (χ2n) is 8.81. The Hall–Kier alpha value is -2.87. The molecule has 1 fully saturated rings. The third kappa shape index (κ3) is 4.24. The van der Waals surface area contributed by atoms with Crippen molar-refractivity contribution in [2.75, 3.05) is 12.4 Å². The Balaban J connectivity index is 1.53. The molecular formula is C23H28ClN5O3. The van der Waals surface area contributed by atoms with E-state index in [9.17, 15) is 14.4 Å². The molecule has 1 aromatic carbocycles. The quantitative estimate of drug-likeness (QED) is 0.687. The first-order valence-electron chi connectivity index (χ1n) is 11.0. The normalized spacial score (nSPS) is 21.6. The summed E-state index contributed by atoms with van der Waals surface area (Å²) in [6.45, 7) is 1.91. The molecule has 0 bridgehead atoms. The summed E-state index contributed by atoms with van der Waals surface area (Å²) in [5.74, 6) is -1.01. The van der Waals surface area contributed by atoms with E-state index in [1.807, 2.05) is 0 Å². The molecule has 0 radical (unpaired) electrons. The van der Waals surface area contributed by atoms with Crippen LogP contribution < -0.4 is 10.6 Å². The van der Waals surface area contributed by atoms with Gasteiger partial charge in [-0.3, -0.25) is 19.1 Å². The van der Waals surface area contributed by atoms with Gasteiger partial charge < -0.3 is 15.5 Å². The first kappa shape index (κ1) is 22.3. The van der Waals surface area contributed by atoms with Crippen molar-refractivity contribution in [3.05, 3.63) is 46.7 Å². The highest BCUT2D eigenvalue weighted by molar-refractivity contribution is 6.33. The fraction of sp³-hybridized carbons (Fsp3) is 0.478. The molecule has 32 heavy (non-hydrogen) atoms. The predicted octanol–water partition coefficient (Wildman–Crippen LogP) is 3.47. The van der Waals surface area contributed by atoms with Crippen molar-refractivity contribution in [2.45, 2.75) is 63.6 Å². The molecule has 1 aliphatic carbocycles. The number of carbonyl (C=O) groups excluding carboxylic acids is 3. The largest absolute Gasteiger partial charge is 0.351 e. The van der Waals surface area contributed by atoms with Crippen molar-refractivity contribution >= 4 is 35.0 Å². The van der Waals surface area contributed by atoms with E-state index < -0.39 is 11.4 Å². The van der Waals surface area contributed by atoms with Crippen LogP contribution in [-0.4, -0.2) is 51.0 Å². The molecule has 2 N–H and O–H groups in total. The fourth-order valence-electron chi connectivity index (χ4n) is 4.35. The van der Waals surface area contributed by atoms with E-state index >= 15 is 0 Å². The molecule has 170 valence electrons. The standard InChI is InChI=1S/C23H28ClN5O3/c1-23(22(32)25-15-9-5-3-4-6-10-15)14-29-19(21(31)28(23)2)13-18(27-29)20(30)26-17-12-8-7-11-16(17)24/h7-8,11-13,15H,3-6,9-10,14H2,1-2H3,(H,25,32)(H,26,30). The lowest BCUT2D eigenvalue weighted by molar-refractivity contribution is -0.133. The summed E-state index contributed by atoms with van der Waals surface area (Å²) in [5, 5.41) is 10.6. The van der Waals surface area contributed by atoms with Crippen molar-refractivity contribution in [3.63, 3.8) is 0 Å². The van der Waals surface area contributed by atoms with Gasteiger partial charge in [-0.2, -0.15) is 5.10 Å². The van der Waals surface area contributed by atoms with Gasteiger partial charge in [0.25, 0.3) is 11.8 Å². The van der Waals surface area contributed by atoms with Crippen LogP contribution in [-0.2, 0) is 11.3 Å². The van der Waals surface area contributed by atoms with Gasteiger partial charge in [0.05, 0.1) is 17.3 Å². The third-order valence-electron chi connectivity index (χ3n) is 6.54. The number of nitrogens with one attached hydrogen (secondary N) is 2. The van der Waals surface area contributed by atoms with Crippen LogP contribution in [0.1, 0.15) is 66.4 Å². The van der Waals surface area contributed by atoms with Crippen molar-refractivity contribution in [2.24, 2.45) is 0 Å². The predicted molar refractivity (Wildman–Crippen MR) is 122 cm³/mol. The second-order valence-corrected chi connectivity index (χ2v) is 9.21. The lowest BCUT2D eigenvalue weighted by Gasteiger charge is -2.41. The summed E-state index contributed by atoms with van der Waals surface area (Å²) >= 11 is 6.12. The third-order valence-corrected chi connectivity index (χ3v) is 6.87. The Morgan fingerprint density at radius 1 is 1.16 bits per heavy atom. The van der Waals surface area contributed by atoms with E-state index in [-0.39, 0.29) is 35.8 Å². The zero-order chi connectivity index (χ0) is 22.9. The van der Waals surface area contributed by atoms with E-state index in [1.165, 1.54) is 28.5 Å². The van der Waals surface area contributed by atoms with Gasteiger partial charge >= 0.3 is 0 Å². The Bertz CT molecular complexity index is 1040. The number of rotatable bonds is 4. The number of nitrogens with zero attached hydrogens (tertiary/aromatic N) is 3. The number of likely N-dealkylation sites (N-methyl/N-ethyl adjacent to an activating group) is 1. The van der Waals surface area contributed by atoms with Crippen LogP contribution in [0.4, 0.5) is 5.69 Å². The summed E-state index contributed by atoms with van der Waals surface area (Å²) in [6, 6.07) is 8.46. The van der Waals surface area contributed by atoms with Crippen LogP contribution in [0, 0.1) is 0 Å². The van der Waals surface area contributed by atoms with Gasteiger partial charge in [-0.05, 0) is 31.9 Å². The molecule has 2 aliphatic rings. The number of hydrogen-bond donors (Lipinski definition) is 2. The first-order valence-corrected chi connectivity index (χ1v) is 11.4. The summed E-state index contributed by atoms with van der Waals surface area (Å²) in [5.41, 5.74) is -0.272. The van der Waals surface area contributed by atoms with Crippen LogP contribution in [0.3, 0.4) is 0 Å². The van der Waals surface area contributed by atoms with Crippen molar-refractivity contribution in [1.29, 1.82) is 0 Å². The lowest BCUT2D eigenvalue weighted by atomic mass is 9.95. The highest BCUT2D eigenvalue weighted by atomic mass is 35.5. The number of amides is 3. The maximum absolute atomic E-state index is 13.2. The second kappa shape index (κ2) is 8.94. The molecule has 2 heterocycles. The lowest BCUT2D eigenvalue weighted by Crippen LogP contribution is -2.63. The molecule has 0 saturated heterocycles. The van der Waals surface area contributed by atoms with E-state index in [0.717, 1.165) is 25.7 Å². The van der Waals surface area contributed by atoms with Gasteiger partial charge in [-0.1, -0.05) is 49.4 Å². The van der Waals surface area contributed by atoms with E-state index in [1.54, 1.807) is 38.2 Å². The number of hydrogen-bond acceptors (Lipinski definition) is 4. The van der Waals surface area contributed by atoms with Crippen LogP contribution in [0.15, 0.2) is 30.3 Å². The van der Waals surface area contributed by atoms with Gasteiger partial charge in [0.1, 0.15) is 11.2 Å². The first-order chi connectivity index (χ1) is 15.3. The molecule has 8 nitrogen and oxygen atoms in total. The number of halogens is 1. The van der Waals surface area contributed by atoms with Crippen LogP contribution in [0.2, 0.25) is 5.02 Å². The molecule has 1 aromatic heterocycles. The SMILES string of the molecule is CN1C(=O)c2cc(C(=O)Nc3ccccc3Cl)nn2CC1(C)C(=O)NC1CCCCCC1. The maximum atomic E-state index is 13.2. The average Bonchev–Trinajstić information content (AvgIpc) is 3.02. The number of anilines is 1. The van der Waals surface area contributed by atoms with E-state index in [4.69, 9.17) is 11.6 Å². The molecule has 1 unspecified atom stereocenters. The molecule has 4 rings (SSSR count). The van der Waals surface area contributed by atoms with Crippen molar-refractivity contribution < 1.29 is 14.4 Å². The minimum atomic E-state index is -1.10. The topological polar surface area (TPSA) is 96.3 Å². The number of para-hydroxylation sites is 1. The molecular weight excluding hydrogens is 430 g/mol. The van der Waals surface area contributed by atoms with Gasteiger partial charge in [-0.25, -0.2) is 0 Å². The van der Waals surface area contributed by atoms with Gasteiger partial charge in [0.2, 0.25) is 5.91 Å². The number of fused-ring (bicyclic) bond motifs is 1. The Morgan fingerprint density at radius 3 is 2.53 bits per heavy atom. The van der Waals surface area contributed by atoms with Crippen LogP contribution in [0.5, 0.6) is 0 Å². The van der Waals surface area contributed by atoms with E-state index in [2.05, 4.69) is 15.7 Å². The molecule has 9 heteroatoms. The van der Waals surface area contributed by atoms with Gasteiger partial charge in [0, 0.05) is 19.2 Å². The summed E-state index contributed by atoms with van der Waals surface area (Å²) in [4.78, 5) is 40.5. The molecule has 0 spiro atoms. The average molecular weight is 458 g/mol. The number of aromatic nitrogens is 2. The minimum absolute atomic E-state index is 0.0927. The smallest absolute Gasteiger partial charge is 0.276 e. The summed E-state index contributed by atoms with van der Waals surface area (Å²) in [7, 11) is 1.62. The molecule has 2 aromatic rings. The monoisotopic (exact) mass is 457 g/mol. The number of benzene rings is 1. The zero-order valence-corrected chi connectivity index (χ0v) is 19.1. The minimum Gasteiger partial charge on any atom is -0.351 e. The number of carbonyl (C=O) groups is 3. The summed E-state index contributed by atoms with van der Waals surface area (Å²) < 4.78 is 1.45. The van der Waals surface area contributed by atoms with Crippen LogP contribution >= 0.6 is 11.6 Å². The summed E-state index contributed by atoms with van der Waals surface area (Å²) in [6.07, 6.45) is 6.50. The fourth-order valence-corrected chi connectivity index (χ4v) is 4.53. The van der Waals surface area contributed by atoms with Gasteiger partial charge in [0.15, 0.2) is 5.69 Å². The molecule has 1 atom stereocenters. The molecule has 1 aliphatic heterocycles. The highest BCUT2D eigenvalue weighted by Crippen LogP contribution is 2.28.